The first-order valence-electron chi connectivity index (χ1n) is 12.3. The number of aryl methyl sites for hydroxylation is 1. The third-order valence-electron chi connectivity index (χ3n) is 5.98. The Labute approximate surface area is 244 Å². The first-order valence-corrected chi connectivity index (χ1v) is 14.8. The fourth-order valence-electron chi connectivity index (χ4n) is 4.00. The lowest BCUT2D eigenvalue weighted by molar-refractivity contribution is 0.278. The van der Waals surface area contributed by atoms with Gasteiger partial charge in [0.05, 0.1) is 38.3 Å². The molecule has 3 N–H and O–H groups in total. The average Bonchev–Trinajstić information content (AvgIpc) is 3.59. The summed E-state index contributed by atoms with van der Waals surface area (Å²) in [5.74, 6) is 1.90. The summed E-state index contributed by atoms with van der Waals surface area (Å²) in [5, 5.41) is 14.0. The van der Waals surface area contributed by atoms with E-state index in [9.17, 15) is 13.5 Å². The summed E-state index contributed by atoms with van der Waals surface area (Å²) in [6.07, 6.45) is 5.17. The highest BCUT2D eigenvalue weighted by molar-refractivity contribution is 7.85. The van der Waals surface area contributed by atoms with Crippen LogP contribution in [-0.2, 0) is 16.7 Å². The average molecular weight is 610 g/mol. The Balaban J connectivity index is 0.000000259. The minimum Gasteiger partial charge on any atom is -0.455 e. The number of rotatable bonds is 7. The lowest BCUT2D eigenvalue weighted by Gasteiger charge is -2.12. The highest BCUT2D eigenvalue weighted by Crippen LogP contribution is 2.36. The van der Waals surface area contributed by atoms with Crippen molar-refractivity contribution in [1.29, 1.82) is 0 Å². The molecule has 0 fully saturated rings. The van der Waals surface area contributed by atoms with E-state index in [1.54, 1.807) is 24.4 Å². The van der Waals surface area contributed by atoms with Gasteiger partial charge in [-0.2, -0.15) is 12.8 Å². The number of aliphatic hydroxyl groups is 1. The van der Waals surface area contributed by atoms with E-state index < -0.39 is 10.1 Å². The molecular weight excluding hydrogens is 586 g/mol. The van der Waals surface area contributed by atoms with Gasteiger partial charge >= 0.3 is 0 Å². The Bertz CT molecular complexity index is 1920. The highest BCUT2D eigenvalue weighted by Gasteiger charge is 2.12. The minimum atomic E-state index is -4.02. The Morgan fingerprint density at radius 3 is 2.59 bits per heavy atom. The molecule has 6 rings (SSSR count). The number of anilines is 2. The van der Waals surface area contributed by atoms with Crippen molar-refractivity contribution >= 4 is 65.9 Å². The van der Waals surface area contributed by atoms with Crippen LogP contribution in [-0.4, -0.2) is 43.6 Å². The maximum atomic E-state index is 10.5. The van der Waals surface area contributed by atoms with Crippen LogP contribution in [0.4, 0.5) is 11.5 Å². The normalized spacial score (nSPS) is 11.3. The largest absolute Gasteiger partial charge is 0.455 e. The lowest BCUT2D eigenvalue weighted by Crippen LogP contribution is -2.04. The maximum Gasteiger partial charge on any atom is 0.294 e. The number of nitrogens with zero attached hydrogens (tertiary/aromatic N) is 4. The van der Waals surface area contributed by atoms with Crippen molar-refractivity contribution in [3.05, 3.63) is 96.0 Å². The quantitative estimate of drug-likeness (QED) is 0.174. The van der Waals surface area contributed by atoms with E-state index in [4.69, 9.17) is 20.9 Å². The first-order chi connectivity index (χ1) is 19.7. The van der Waals surface area contributed by atoms with Crippen LogP contribution < -0.4 is 10.1 Å². The molecule has 0 atom stereocenters. The van der Waals surface area contributed by atoms with E-state index in [-0.39, 0.29) is 11.5 Å². The molecule has 3 aromatic heterocycles. The zero-order chi connectivity index (χ0) is 29.0. The number of aliphatic hydroxyl groups excluding tert-OH is 1. The molecule has 0 aliphatic rings. The van der Waals surface area contributed by atoms with E-state index >= 15 is 0 Å². The Morgan fingerprint density at radius 2 is 1.85 bits per heavy atom. The third kappa shape index (κ3) is 6.64. The minimum absolute atomic E-state index is 0.0301. The van der Waals surface area contributed by atoms with Crippen molar-refractivity contribution in [3.63, 3.8) is 0 Å². The van der Waals surface area contributed by atoms with Crippen LogP contribution in [0.25, 0.3) is 21.1 Å². The van der Waals surface area contributed by atoms with E-state index in [0.717, 1.165) is 32.4 Å². The summed E-state index contributed by atoms with van der Waals surface area (Å²) in [5.41, 5.74) is 3.33. The number of hydrogen-bond acceptors (Lipinski definition) is 9. The van der Waals surface area contributed by atoms with Gasteiger partial charge in [0.2, 0.25) is 0 Å². The van der Waals surface area contributed by atoms with Crippen LogP contribution in [0.1, 0.15) is 5.56 Å². The smallest absolute Gasteiger partial charge is 0.294 e. The number of ether oxygens (including phenoxy) is 1. The predicted octanol–water partition coefficient (Wildman–Crippen LogP) is 6.46. The molecule has 0 radical (unpaired) electrons. The van der Waals surface area contributed by atoms with Gasteiger partial charge in [0.1, 0.15) is 23.3 Å². The summed E-state index contributed by atoms with van der Waals surface area (Å²) in [6.45, 7) is 2.33. The number of aromatic nitrogens is 4. The number of fused-ring (bicyclic) bond motifs is 2. The Hall–Kier alpha value is -4.07. The molecule has 3 aromatic carbocycles. The van der Waals surface area contributed by atoms with Gasteiger partial charge in [0.15, 0.2) is 5.82 Å². The van der Waals surface area contributed by atoms with Gasteiger partial charge in [-0.25, -0.2) is 9.97 Å². The molecule has 0 aliphatic heterocycles. The van der Waals surface area contributed by atoms with Crippen LogP contribution in [0, 0.1) is 6.92 Å². The molecule has 41 heavy (non-hydrogen) atoms. The molecule has 0 aliphatic carbocycles. The van der Waals surface area contributed by atoms with Crippen LogP contribution >= 0.6 is 23.1 Å². The summed E-state index contributed by atoms with van der Waals surface area (Å²) in [6, 6.07) is 19.2. The third-order valence-corrected chi connectivity index (χ3v) is 7.91. The lowest BCUT2D eigenvalue weighted by atomic mass is 10.2. The zero-order valence-corrected chi connectivity index (χ0v) is 24.0. The summed E-state index contributed by atoms with van der Waals surface area (Å²) >= 11 is 7.92. The molecule has 6 aromatic rings. The molecule has 210 valence electrons. The molecule has 10 nitrogen and oxygen atoms in total. The summed E-state index contributed by atoms with van der Waals surface area (Å²) in [7, 11) is -4.02. The van der Waals surface area contributed by atoms with Crippen molar-refractivity contribution < 1.29 is 22.8 Å². The van der Waals surface area contributed by atoms with Gasteiger partial charge in [-0.15, -0.1) is 0 Å². The standard InChI is InChI=1S/C21H16ClN5O2S.C7H8O3S/c22-15-10-13(26-21-20-16(23-12-24-21)6-7-27(20)8-9-28)4-5-18(15)29-17-2-1-3-19-14(17)11-25-30-19;1-6-2-4-7(5-3-6)11(8,9)10/h1-7,10-12,28H,8-9H2,(H,23,24,26);2-5H,1H3,(H,8,9,10). The van der Waals surface area contributed by atoms with Gasteiger partial charge in [-0.1, -0.05) is 35.4 Å². The van der Waals surface area contributed by atoms with Crippen molar-refractivity contribution in [2.45, 2.75) is 18.4 Å². The van der Waals surface area contributed by atoms with Crippen molar-refractivity contribution in [3.8, 4) is 11.5 Å². The number of hydrogen-bond donors (Lipinski definition) is 3. The monoisotopic (exact) mass is 609 g/mol. The van der Waals surface area contributed by atoms with E-state index in [1.165, 1.54) is 30.0 Å². The molecule has 0 unspecified atom stereocenters. The van der Waals surface area contributed by atoms with Crippen molar-refractivity contribution in [2.24, 2.45) is 0 Å². The van der Waals surface area contributed by atoms with Crippen LogP contribution in [0.3, 0.4) is 0 Å². The zero-order valence-electron chi connectivity index (χ0n) is 21.6. The Morgan fingerprint density at radius 1 is 1.05 bits per heavy atom. The second-order valence-corrected chi connectivity index (χ2v) is 11.5. The summed E-state index contributed by atoms with van der Waals surface area (Å²) < 4.78 is 42.8. The highest BCUT2D eigenvalue weighted by atomic mass is 35.5. The topological polar surface area (TPSA) is 139 Å². The van der Waals surface area contributed by atoms with Gasteiger partial charge in [-0.05, 0) is 67.0 Å². The number of nitrogens with one attached hydrogen (secondary N) is 1. The van der Waals surface area contributed by atoms with E-state index in [2.05, 4.69) is 19.7 Å². The second-order valence-electron chi connectivity index (χ2n) is 8.84. The molecule has 0 spiro atoms. The molecule has 0 bridgehead atoms. The molecular formula is C28H24ClN5O5S2. The van der Waals surface area contributed by atoms with Crippen molar-refractivity contribution in [2.75, 3.05) is 11.9 Å². The van der Waals surface area contributed by atoms with Gasteiger partial charge in [0, 0.05) is 18.4 Å². The molecule has 13 heteroatoms. The first kappa shape index (κ1) is 28.5. The fourth-order valence-corrected chi connectivity index (χ4v) is 5.36. The van der Waals surface area contributed by atoms with Crippen LogP contribution in [0.5, 0.6) is 11.5 Å². The van der Waals surface area contributed by atoms with Crippen LogP contribution in [0.2, 0.25) is 5.02 Å². The number of benzene rings is 3. The van der Waals surface area contributed by atoms with Crippen LogP contribution in [0.15, 0.2) is 90.3 Å². The Kier molecular flexibility index (Phi) is 8.47. The van der Waals surface area contributed by atoms with Gasteiger partial charge in [0.25, 0.3) is 10.1 Å². The molecule has 3 heterocycles. The predicted molar refractivity (Wildman–Crippen MR) is 160 cm³/mol. The van der Waals surface area contributed by atoms with Gasteiger partial charge in [-0.3, -0.25) is 4.55 Å². The summed E-state index contributed by atoms with van der Waals surface area (Å²) in [4.78, 5) is 8.58. The molecule has 0 saturated heterocycles. The molecule has 0 saturated carbocycles. The number of halogens is 1. The fraction of sp³-hybridized carbons (Fsp3) is 0.107. The maximum absolute atomic E-state index is 10.5. The van der Waals surface area contributed by atoms with Gasteiger partial charge < -0.3 is 19.7 Å². The second kappa shape index (κ2) is 12.2. The van der Waals surface area contributed by atoms with E-state index in [1.807, 2.05) is 54.1 Å². The SMILES string of the molecule is Cc1ccc(S(=O)(=O)O)cc1.OCCn1ccc2ncnc(Nc3ccc(Oc4cccc5sncc45)c(Cl)c3)c21. The van der Waals surface area contributed by atoms with Crippen molar-refractivity contribution in [1.82, 2.24) is 18.9 Å². The molecule has 0 amide bonds. The van der Waals surface area contributed by atoms with E-state index in [0.29, 0.717) is 28.9 Å².